The number of carboxylic acids is 1. The number of aliphatic carboxylic acids is 1. The summed E-state index contributed by atoms with van der Waals surface area (Å²) in [5.41, 5.74) is 5.39. The quantitative estimate of drug-likeness (QED) is 0.494. The molecule has 0 radical (unpaired) electrons. The topological polar surface area (TPSA) is 102 Å². The van der Waals surface area contributed by atoms with Gasteiger partial charge in [0.05, 0.1) is 0 Å². The first-order valence-corrected chi connectivity index (χ1v) is 7.67. The van der Waals surface area contributed by atoms with Gasteiger partial charge in [-0.3, -0.25) is 4.79 Å². The number of allylic oxidation sites excluding steroid dienone is 2. The summed E-state index contributed by atoms with van der Waals surface area (Å²) in [5, 5.41) is 11.3. The number of unbranched alkanes of at least 4 members (excludes halogenated alkanes) is 1. The summed E-state index contributed by atoms with van der Waals surface area (Å²) in [6.45, 7) is 0.484. The lowest BCUT2D eigenvalue weighted by molar-refractivity contribution is -0.138. The molecule has 1 rings (SSSR count). The predicted octanol–water partition coefficient (Wildman–Crippen LogP) is 2.18. The van der Waals surface area contributed by atoms with Gasteiger partial charge in [0.1, 0.15) is 12.1 Å². The Morgan fingerprint density at radius 2 is 2.05 bits per heavy atom. The van der Waals surface area contributed by atoms with Crippen molar-refractivity contribution in [1.29, 1.82) is 0 Å². The maximum absolute atomic E-state index is 11.6. The van der Waals surface area contributed by atoms with E-state index in [1.165, 1.54) is 0 Å². The second kappa shape index (κ2) is 10.2. The molecule has 0 heterocycles. The fourth-order valence-corrected chi connectivity index (χ4v) is 2.24. The summed E-state index contributed by atoms with van der Waals surface area (Å²) in [7, 11) is 0. The van der Waals surface area contributed by atoms with E-state index in [1.54, 1.807) is 0 Å². The number of alkyl carbamates (subject to hydrolysis) is 1. The Bertz CT molecular complexity index is 358. The maximum Gasteiger partial charge on any atom is 0.407 e. The SMILES string of the molecule is NC(CCCCNC(=O)OC1CCC=CCCC1)C(=O)O. The normalized spacial score (nSPS) is 20.1. The number of hydrogen-bond acceptors (Lipinski definition) is 4. The molecule has 0 saturated carbocycles. The van der Waals surface area contributed by atoms with Gasteiger partial charge >= 0.3 is 12.1 Å². The van der Waals surface area contributed by atoms with Crippen molar-refractivity contribution in [3.63, 3.8) is 0 Å². The van der Waals surface area contributed by atoms with E-state index in [0.29, 0.717) is 25.8 Å². The maximum atomic E-state index is 11.6. The molecule has 0 spiro atoms. The first kappa shape index (κ1) is 17.5. The van der Waals surface area contributed by atoms with Crippen molar-refractivity contribution < 1.29 is 19.4 Å². The third-order valence-electron chi connectivity index (χ3n) is 3.52. The van der Waals surface area contributed by atoms with E-state index >= 15 is 0 Å². The predicted molar refractivity (Wildman–Crippen MR) is 80.0 cm³/mol. The van der Waals surface area contributed by atoms with Crippen molar-refractivity contribution in [3.8, 4) is 0 Å². The van der Waals surface area contributed by atoms with E-state index in [4.69, 9.17) is 15.6 Å². The monoisotopic (exact) mass is 298 g/mol. The Hall–Kier alpha value is -1.56. The van der Waals surface area contributed by atoms with Crippen LogP contribution in [0.2, 0.25) is 0 Å². The molecule has 21 heavy (non-hydrogen) atoms. The molecular formula is C15H26N2O4. The van der Waals surface area contributed by atoms with Crippen LogP contribution in [-0.4, -0.2) is 35.9 Å². The molecule has 1 aliphatic rings. The van der Waals surface area contributed by atoms with Gasteiger partial charge in [-0.2, -0.15) is 0 Å². The summed E-state index contributed by atoms with van der Waals surface area (Å²) in [5.74, 6) is -0.985. The van der Waals surface area contributed by atoms with Gasteiger partial charge in [-0.25, -0.2) is 4.79 Å². The minimum atomic E-state index is -0.985. The molecule has 0 saturated heterocycles. The van der Waals surface area contributed by atoms with Crippen molar-refractivity contribution in [2.75, 3.05) is 6.54 Å². The molecule has 0 aliphatic heterocycles. The van der Waals surface area contributed by atoms with Crippen LogP contribution in [0.1, 0.15) is 51.4 Å². The van der Waals surface area contributed by atoms with E-state index in [9.17, 15) is 9.59 Å². The van der Waals surface area contributed by atoms with E-state index in [2.05, 4.69) is 17.5 Å². The number of carboxylic acid groups (broad SMARTS) is 1. The van der Waals surface area contributed by atoms with Crippen LogP contribution in [0, 0.1) is 0 Å². The Morgan fingerprint density at radius 1 is 1.29 bits per heavy atom. The number of rotatable bonds is 7. The number of nitrogens with one attached hydrogen (secondary N) is 1. The van der Waals surface area contributed by atoms with Gasteiger partial charge in [0, 0.05) is 6.54 Å². The molecule has 6 heteroatoms. The van der Waals surface area contributed by atoms with Crippen LogP contribution in [0.15, 0.2) is 12.2 Å². The van der Waals surface area contributed by atoms with Crippen LogP contribution in [0.5, 0.6) is 0 Å². The average molecular weight is 298 g/mol. The zero-order valence-electron chi connectivity index (χ0n) is 12.4. The Labute approximate surface area is 125 Å². The molecule has 2 unspecified atom stereocenters. The van der Waals surface area contributed by atoms with E-state index < -0.39 is 12.0 Å². The second-order valence-electron chi connectivity index (χ2n) is 5.37. The van der Waals surface area contributed by atoms with Gasteiger partial charge < -0.3 is 20.9 Å². The molecule has 1 aliphatic carbocycles. The van der Waals surface area contributed by atoms with Crippen LogP contribution in [-0.2, 0) is 9.53 Å². The minimum Gasteiger partial charge on any atom is -0.480 e. The summed E-state index contributed by atoms with van der Waals surface area (Å²) < 4.78 is 5.39. The number of ether oxygens (including phenoxy) is 1. The zero-order valence-corrected chi connectivity index (χ0v) is 12.4. The van der Waals surface area contributed by atoms with E-state index in [1.807, 2.05) is 0 Å². The summed E-state index contributed by atoms with van der Waals surface area (Å²) in [6, 6.07) is -0.820. The van der Waals surface area contributed by atoms with Crippen molar-refractivity contribution in [1.82, 2.24) is 5.32 Å². The van der Waals surface area contributed by atoms with Gasteiger partial charge in [-0.1, -0.05) is 12.2 Å². The van der Waals surface area contributed by atoms with Gasteiger partial charge in [0.15, 0.2) is 0 Å². The molecule has 6 nitrogen and oxygen atoms in total. The molecule has 0 fully saturated rings. The fraction of sp³-hybridized carbons (Fsp3) is 0.733. The van der Waals surface area contributed by atoms with Crippen molar-refractivity contribution >= 4 is 12.1 Å². The molecule has 0 aromatic rings. The highest BCUT2D eigenvalue weighted by Crippen LogP contribution is 2.15. The van der Waals surface area contributed by atoms with Crippen molar-refractivity contribution in [2.45, 2.75) is 63.5 Å². The van der Waals surface area contributed by atoms with Gasteiger partial charge in [-0.05, 0) is 51.4 Å². The molecule has 4 N–H and O–H groups in total. The molecule has 0 aromatic heterocycles. The largest absolute Gasteiger partial charge is 0.480 e. The number of carbonyl (C=O) groups excluding carboxylic acids is 1. The van der Waals surface area contributed by atoms with Gasteiger partial charge in [0.2, 0.25) is 0 Å². The molecule has 2 atom stereocenters. The number of hydrogen-bond donors (Lipinski definition) is 3. The zero-order chi connectivity index (χ0) is 15.5. The first-order chi connectivity index (χ1) is 10.1. The molecular weight excluding hydrogens is 272 g/mol. The van der Waals surface area contributed by atoms with Crippen LogP contribution in [0.3, 0.4) is 0 Å². The van der Waals surface area contributed by atoms with Crippen molar-refractivity contribution in [3.05, 3.63) is 12.2 Å². The molecule has 0 aromatic carbocycles. The number of amides is 1. The van der Waals surface area contributed by atoms with Crippen LogP contribution >= 0.6 is 0 Å². The smallest absolute Gasteiger partial charge is 0.407 e. The summed E-state index contributed by atoms with van der Waals surface area (Å²) in [4.78, 5) is 22.2. The third-order valence-corrected chi connectivity index (χ3v) is 3.52. The van der Waals surface area contributed by atoms with E-state index in [-0.39, 0.29) is 12.2 Å². The lowest BCUT2D eigenvalue weighted by Gasteiger charge is -2.18. The first-order valence-electron chi connectivity index (χ1n) is 7.67. The minimum absolute atomic E-state index is 0.00428. The summed E-state index contributed by atoms with van der Waals surface area (Å²) >= 11 is 0. The molecule has 0 bridgehead atoms. The lowest BCUT2D eigenvalue weighted by atomic mass is 10.0. The highest BCUT2D eigenvalue weighted by atomic mass is 16.6. The third kappa shape index (κ3) is 8.34. The lowest BCUT2D eigenvalue weighted by Crippen LogP contribution is -2.31. The number of carbonyl (C=O) groups is 2. The Morgan fingerprint density at radius 3 is 2.81 bits per heavy atom. The number of nitrogens with two attached hydrogens (primary N) is 1. The highest BCUT2D eigenvalue weighted by molar-refractivity contribution is 5.72. The van der Waals surface area contributed by atoms with Crippen LogP contribution < -0.4 is 11.1 Å². The van der Waals surface area contributed by atoms with Crippen LogP contribution in [0.25, 0.3) is 0 Å². The molecule has 1 amide bonds. The standard InChI is InChI=1S/C15H26N2O4/c16-13(14(18)19)10-6-7-11-17-15(20)21-12-8-4-2-1-3-5-9-12/h1-2,12-13H,3-11,16H2,(H,17,20)(H,18,19). The van der Waals surface area contributed by atoms with E-state index in [0.717, 1.165) is 32.1 Å². The second-order valence-corrected chi connectivity index (χ2v) is 5.37. The average Bonchev–Trinajstić information content (AvgIpc) is 2.41. The molecule has 120 valence electrons. The highest BCUT2D eigenvalue weighted by Gasteiger charge is 2.14. The Kier molecular flexibility index (Phi) is 8.50. The van der Waals surface area contributed by atoms with Gasteiger partial charge in [0.25, 0.3) is 0 Å². The van der Waals surface area contributed by atoms with Crippen LogP contribution in [0.4, 0.5) is 4.79 Å². The summed E-state index contributed by atoms with van der Waals surface area (Å²) in [6.07, 6.45) is 10.5. The fourth-order valence-electron chi connectivity index (χ4n) is 2.24. The Balaban J connectivity index is 2.08. The van der Waals surface area contributed by atoms with Crippen molar-refractivity contribution in [2.24, 2.45) is 5.73 Å². The van der Waals surface area contributed by atoms with Gasteiger partial charge in [-0.15, -0.1) is 0 Å².